The molecule has 3 N–H and O–H groups in total. The maximum absolute atomic E-state index is 13.1. The molecule has 0 saturated heterocycles. The Bertz CT molecular complexity index is 650. The Kier molecular flexibility index (Phi) is 3.30. The first-order valence-electron chi connectivity index (χ1n) is 5.58. The number of nitrogens with zero attached hydrogens (tertiary/aromatic N) is 2. The summed E-state index contributed by atoms with van der Waals surface area (Å²) in [6.07, 6.45) is 0. The van der Waals surface area contributed by atoms with E-state index in [1.165, 1.54) is 12.1 Å². The van der Waals surface area contributed by atoms with Gasteiger partial charge in [0.2, 0.25) is 0 Å². The number of anilines is 1. The van der Waals surface area contributed by atoms with Crippen molar-refractivity contribution in [1.29, 1.82) is 0 Å². The summed E-state index contributed by atoms with van der Waals surface area (Å²) < 4.78 is 13.1. The van der Waals surface area contributed by atoms with Crippen molar-refractivity contribution in [1.82, 2.24) is 9.97 Å². The second kappa shape index (κ2) is 4.96. The van der Waals surface area contributed by atoms with Crippen LogP contribution in [0.3, 0.4) is 0 Å². The number of nitrogen functional groups attached to an aromatic ring is 1. The molecule has 2 aromatic rings. The number of halogens is 2. The average Bonchev–Trinajstić information content (AvgIpc) is 2.85. The molecule has 1 aromatic carbocycles. The molecule has 0 radical (unpaired) electrons. The monoisotopic (exact) mass is 296 g/mol. The minimum absolute atomic E-state index is 0.286. The zero-order valence-electron chi connectivity index (χ0n) is 9.78. The number of hydrazine groups is 1. The fourth-order valence-electron chi connectivity index (χ4n) is 1.96. The fraction of sp³-hybridized carbons (Fsp3) is 0.167. The first-order valence-corrected chi connectivity index (χ1v) is 7.12. The van der Waals surface area contributed by atoms with Gasteiger partial charge < -0.3 is 5.43 Å². The highest BCUT2D eigenvalue weighted by Gasteiger charge is 2.20. The highest BCUT2D eigenvalue weighted by atomic mass is 35.5. The van der Waals surface area contributed by atoms with Crippen molar-refractivity contribution in [2.75, 3.05) is 5.43 Å². The van der Waals surface area contributed by atoms with Crippen molar-refractivity contribution in [3.63, 3.8) is 0 Å². The van der Waals surface area contributed by atoms with E-state index in [4.69, 9.17) is 17.4 Å². The molecular formula is C12H10ClFN4S. The highest BCUT2D eigenvalue weighted by molar-refractivity contribution is 7.98. The Balaban J connectivity index is 2.15. The van der Waals surface area contributed by atoms with Crippen LogP contribution in [0.4, 0.5) is 10.2 Å². The zero-order chi connectivity index (χ0) is 13.4. The molecular weight excluding hydrogens is 287 g/mol. The minimum atomic E-state index is -0.386. The van der Waals surface area contributed by atoms with E-state index in [2.05, 4.69) is 15.4 Å². The van der Waals surface area contributed by atoms with Gasteiger partial charge in [0.05, 0.1) is 10.7 Å². The normalized spacial score (nSPS) is 13.4. The topological polar surface area (TPSA) is 63.8 Å². The molecule has 0 atom stereocenters. The lowest BCUT2D eigenvalue weighted by Crippen LogP contribution is -2.12. The Labute approximate surface area is 118 Å². The molecule has 0 spiro atoms. The third-order valence-electron chi connectivity index (χ3n) is 2.89. The van der Waals surface area contributed by atoms with Crippen molar-refractivity contribution >= 4 is 29.2 Å². The average molecular weight is 297 g/mol. The number of nitrogens with one attached hydrogen (secondary N) is 1. The second-order valence-electron chi connectivity index (χ2n) is 4.08. The van der Waals surface area contributed by atoms with Crippen molar-refractivity contribution in [3.05, 3.63) is 40.3 Å². The summed E-state index contributed by atoms with van der Waals surface area (Å²) in [7, 11) is 0. The number of benzene rings is 1. The summed E-state index contributed by atoms with van der Waals surface area (Å²) in [5.41, 5.74) is 5.15. The third-order valence-corrected chi connectivity index (χ3v) is 4.17. The lowest BCUT2D eigenvalue weighted by molar-refractivity contribution is 0.628. The standard InChI is InChI=1S/C12H10ClFN4S/c13-9-3-6(14)1-2-7(9)11-16-10-5-19-4-8(10)12(17-11)18-15/h1-3H,4-5,15H2,(H,16,17,18). The Morgan fingerprint density at radius 3 is 2.89 bits per heavy atom. The first kappa shape index (κ1) is 12.7. The van der Waals surface area contributed by atoms with E-state index in [-0.39, 0.29) is 10.8 Å². The SMILES string of the molecule is NNc1nc(-c2ccc(F)cc2Cl)nc2c1CSC2. The van der Waals surface area contributed by atoms with Crippen LogP contribution in [0.15, 0.2) is 18.2 Å². The molecule has 0 fully saturated rings. The van der Waals surface area contributed by atoms with E-state index in [0.29, 0.717) is 17.2 Å². The van der Waals surface area contributed by atoms with Gasteiger partial charge in [-0.05, 0) is 18.2 Å². The van der Waals surface area contributed by atoms with Gasteiger partial charge in [-0.25, -0.2) is 20.2 Å². The number of fused-ring (bicyclic) bond motifs is 1. The minimum Gasteiger partial charge on any atom is -0.308 e. The summed E-state index contributed by atoms with van der Waals surface area (Å²) in [6, 6.07) is 4.15. The van der Waals surface area contributed by atoms with Gasteiger partial charge in [0.15, 0.2) is 5.82 Å². The predicted octanol–water partition coefficient (Wildman–Crippen LogP) is 2.97. The number of hydrogen-bond donors (Lipinski definition) is 2. The molecule has 0 amide bonds. The smallest absolute Gasteiger partial charge is 0.163 e. The van der Waals surface area contributed by atoms with Gasteiger partial charge in [0, 0.05) is 22.6 Å². The molecule has 19 heavy (non-hydrogen) atoms. The highest BCUT2D eigenvalue weighted by Crippen LogP contribution is 2.35. The summed E-state index contributed by atoms with van der Waals surface area (Å²) in [4.78, 5) is 8.84. The molecule has 0 unspecified atom stereocenters. The van der Waals surface area contributed by atoms with E-state index in [1.54, 1.807) is 17.8 Å². The lowest BCUT2D eigenvalue weighted by atomic mass is 10.2. The molecule has 1 aliphatic rings. The molecule has 3 rings (SSSR count). The van der Waals surface area contributed by atoms with Crippen molar-refractivity contribution in [2.24, 2.45) is 5.84 Å². The van der Waals surface area contributed by atoms with Crippen LogP contribution in [-0.4, -0.2) is 9.97 Å². The fourth-order valence-corrected chi connectivity index (χ4v) is 3.26. The van der Waals surface area contributed by atoms with Gasteiger partial charge in [-0.15, -0.1) is 0 Å². The van der Waals surface area contributed by atoms with Gasteiger partial charge >= 0.3 is 0 Å². The Morgan fingerprint density at radius 1 is 1.32 bits per heavy atom. The van der Waals surface area contributed by atoms with Crippen molar-refractivity contribution in [2.45, 2.75) is 11.5 Å². The summed E-state index contributed by atoms with van der Waals surface area (Å²) in [6.45, 7) is 0. The molecule has 4 nitrogen and oxygen atoms in total. The van der Waals surface area contributed by atoms with Crippen LogP contribution in [0.2, 0.25) is 5.02 Å². The third kappa shape index (κ3) is 2.27. The Morgan fingerprint density at radius 2 is 2.16 bits per heavy atom. The molecule has 2 heterocycles. The van der Waals surface area contributed by atoms with Gasteiger partial charge in [-0.1, -0.05) is 11.6 Å². The number of hydrogen-bond acceptors (Lipinski definition) is 5. The van der Waals surface area contributed by atoms with Gasteiger partial charge in [-0.3, -0.25) is 0 Å². The molecule has 0 saturated carbocycles. The van der Waals surface area contributed by atoms with Crippen LogP contribution in [0, 0.1) is 5.82 Å². The number of nitrogens with two attached hydrogens (primary N) is 1. The maximum atomic E-state index is 13.1. The Hall–Kier alpha value is -1.37. The van der Waals surface area contributed by atoms with E-state index in [1.807, 2.05) is 0 Å². The van der Waals surface area contributed by atoms with Crippen molar-refractivity contribution < 1.29 is 4.39 Å². The largest absolute Gasteiger partial charge is 0.308 e. The van der Waals surface area contributed by atoms with E-state index in [0.717, 1.165) is 22.8 Å². The zero-order valence-corrected chi connectivity index (χ0v) is 11.4. The lowest BCUT2D eigenvalue weighted by Gasteiger charge is -2.09. The van der Waals surface area contributed by atoms with Crippen LogP contribution in [0.5, 0.6) is 0 Å². The number of rotatable bonds is 2. The molecule has 1 aromatic heterocycles. The number of thioether (sulfide) groups is 1. The van der Waals surface area contributed by atoms with Crippen LogP contribution in [-0.2, 0) is 11.5 Å². The quantitative estimate of drug-likeness (QED) is 0.659. The molecule has 1 aliphatic heterocycles. The first-order chi connectivity index (χ1) is 9.19. The summed E-state index contributed by atoms with van der Waals surface area (Å²) >= 11 is 7.79. The van der Waals surface area contributed by atoms with E-state index < -0.39 is 0 Å². The van der Waals surface area contributed by atoms with Crippen LogP contribution in [0.25, 0.3) is 11.4 Å². The maximum Gasteiger partial charge on any atom is 0.163 e. The number of aromatic nitrogens is 2. The van der Waals surface area contributed by atoms with Crippen LogP contribution < -0.4 is 11.3 Å². The van der Waals surface area contributed by atoms with Gasteiger partial charge in [0.25, 0.3) is 0 Å². The van der Waals surface area contributed by atoms with Crippen molar-refractivity contribution in [3.8, 4) is 11.4 Å². The molecule has 7 heteroatoms. The predicted molar refractivity (Wildman–Crippen MR) is 75.2 cm³/mol. The van der Waals surface area contributed by atoms with Crippen LogP contribution >= 0.6 is 23.4 Å². The van der Waals surface area contributed by atoms with E-state index in [9.17, 15) is 4.39 Å². The molecule has 0 bridgehead atoms. The van der Waals surface area contributed by atoms with E-state index >= 15 is 0 Å². The van der Waals surface area contributed by atoms with Gasteiger partial charge in [-0.2, -0.15) is 11.8 Å². The second-order valence-corrected chi connectivity index (χ2v) is 5.48. The summed E-state index contributed by atoms with van der Waals surface area (Å²) in [5, 5.41) is 0.286. The molecule has 0 aliphatic carbocycles. The van der Waals surface area contributed by atoms with Crippen LogP contribution in [0.1, 0.15) is 11.3 Å². The molecule has 98 valence electrons. The summed E-state index contributed by atoms with van der Waals surface area (Å²) in [5.74, 6) is 7.82. The van der Waals surface area contributed by atoms with Gasteiger partial charge in [0.1, 0.15) is 11.6 Å².